The largest absolute Gasteiger partial charge is 0.469 e. The van der Waals surface area contributed by atoms with Gasteiger partial charge in [-0.2, -0.15) is 0 Å². The Bertz CT molecular complexity index is 354. The monoisotopic (exact) mass is 234 g/mol. The maximum atomic E-state index is 11.7. The van der Waals surface area contributed by atoms with E-state index in [1.54, 1.807) is 0 Å². The van der Waals surface area contributed by atoms with Crippen LogP contribution < -0.4 is 0 Å². The van der Waals surface area contributed by atoms with Gasteiger partial charge in [0.25, 0.3) is 0 Å². The van der Waals surface area contributed by atoms with Gasteiger partial charge in [-0.25, -0.2) is 0 Å². The molecule has 1 rings (SSSR count). The second-order valence-corrected chi connectivity index (χ2v) is 5.14. The van der Waals surface area contributed by atoms with Gasteiger partial charge in [-0.15, -0.1) is 0 Å². The number of rotatable bonds is 5. The van der Waals surface area contributed by atoms with Crippen LogP contribution in [0.2, 0.25) is 0 Å². The number of benzene rings is 1. The number of aryl methyl sites for hydroxylation is 1. The normalized spacial score (nSPS) is 13.2. The smallest absolute Gasteiger partial charge is 0.311 e. The molecule has 0 saturated heterocycles. The van der Waals surface area contributed by atoms with Gasteiger partial charge < -0.3 is 4.74 Å². The van der Waals surface area contributed by atoms with Crippen molar-refractivity contribution in [3.8, 4) is 0 Å². The summed E-state index contributed by atoms with van der Waals surface area (Å²) in [6.07, 6.45) is 1.99. The highest BCUT2D eigenvalue weighted by molar-refractivity contribution is 5.76. The van der Waals surface area contributed by atoms with E-state index in [1.807, 2.05) is 32.0 Å². The van der Waals surface area contributed by atoms with Gasteiger partial charge in [0.05, 0.1) is 12.5 Å². The molecule has 1 unspecified atom stereocenters. The lowest BCUT2D eigenvalue weighted by Crippen LogP contribution is -2.32. The summed E-state index contributed by atoms with van der Waals surface area (Å²) in [5.74, 6) is 0.174. The molecule has 17 heavy (non-hydrogen) atoms. The fourth-order valence-electron chi connectivity index (χ4n) is 1.85. The predicted molar refractivity (Wildman–Crippen MR) is 69.7 cm³/mol. The van der Waals surface area contributed by atoms with Crippen molar-refractivity contribution in [3.05, 3.63) is 35.9 Å². The summed E-state index contributed by atoms with van der Waals surface area (Å²) >= 11 is 0. The number of esters is 1. The molecule has 0 heterocycles. The second kappa shape index (κ2) is 5.85. The Hall–Kier alpha value is -1.31. The highest BCUT2D eigenvalue weighted by Crippen LogP contribution is 2.31. The highest BCUT2D eigenvalue weighted by Gasteiger charge is 2.34. The molecule has 0 bridgehead atoms. The summed E-state index contributed by atoms with van der Waals surface area (Å²) in [5.41, 5.74) is 0.906. The molecule has 0 saturated carbocycles. The van der Waals surface area contributed by atoms with Crippen LogP contribution in [0.15, 0.2) is 30.3 Å². The lowest BCUT2D eigenvalue weighted by Gasteiger charge is -2.28. The van der Waals surface area contributed by atoms with Crippen molar-refractivity contribution in [1.29, 1.82) is 0 Å². The average Bonchev–Trinajstić information content (AvgIpc) is 2.35. The van der Waals surface area contributed by atoms with Gasteiger partial charge in [0.15, 0.2) is 0 Å². The summed E-state index contributed by atoms with van der Waals surface area (Å²) < 4.78 is 4.85. The maximum absolute atomic E-state index is 11.7. The van der Waals surface area contributed by atoms with Crippen LogP contribution in [0.25, 0.3) is 0 Å². The minimum atomic E-state index is -0.413. The number of carbonyl (C=O) groups excluding carboxylic acids is 1. The Balaban J connectivity index is 2.55. The summed E-state index contributed by atoms with van der Waals surface area (Å²) in [7, 11) is 1.45. The Labute approximate surface area is 104 Å². The third-order valence-corrected chi connectivity index (χ3v) is 3.65. The van der Waals surface area contributed by atoms with Gasteiger partial charge in [-0.05, 0) is 38.2 Å². The molecule has 1 aromatic carbocycles. The van der Waals surface area contributed by atoms with E-state index < -0.39 is 5.41 Å². The maximum Gasteiger partial charge on any atom is 0.311 e. The Morgan fingerprint density at radius 2 is 1.88 bits per heavy atom. The Morgan fingerprint density at radius 1 is 1.29 bits per heavy atom. The van der Waals surface area contributed by atoms with E-state index in [4.69, 9.17) is 4.74 Å². The molecule has 1 atom stereocenters. The van der Waals surface area contributed by atoms with Gasteiger partial charge >= 0.3 is 5.97 Å². The van der Waals surface area contributed by atoms with Crippen molar-refractivity contribution in [1.82, 2.24) is 0 Å². The van der Waals surface area contributed by atoms with Crippen molar-refractivity contribution in [2.24, 2.45) is 11.3 Å². The zero-order chi connectivity index (χ0) is 12.9. The van der Waals surface area contributed by atoms with Gasteiger partial charge in [-0.1, -0.05) is 37.3 Å². The highest BCUT2D eigenvalue weighted by atomic mass is 16.5. The van der Waals surface area contributed by atoms with Crippen LogP contribution in [-0.2, 0) is 16.0 Å². The molecule has 0 aliphatic carbocycles. The topological polar surface area (TPSA) is 26.3 Å². The van der Waals surface area contributed by atoms with Gasteiger partial charge in [0.1, 0.15) is 0 Å². The summed E-state index contributed by atoms with van der Waals surface area (Å²) in [6.45, 7) is 6.02. The fourth-order valence-corrected chi connectivity index (χ4v) is 1.85. The van der Waals surface area contributed by atoms with Crippen molar-refractivity contribution >= 4 is 5.97 Å². The molecule has 2 heteroatoms. The summed E-state index contributed by atoms with van der Waals surface area (Å²) in [4.78, 5) is 11.7. The SMILES string of the molecule is COC(=O)C(C)(C)C(C)CCc1ccccc1. The number of ether oxygens (including phenoxy) is 1. The molecule has 2 nitrogen and oxygen atoms in total. The number of methoxy groups -OCH3 is 1. The van der Waals surface area contributed by atoms with E-state index in [-0.39, 0.29) is 5.97 Å². The van der Waals surface area contributed by atoms with E-state index in [0.717, 1.165) is 12.8 Å². The van der Waals surface area contributed by atoms with E-state index >= 15 is 0 Å². The quantitative estimate of drug-likeness (QED) is 0.729. The molecule has 0 amide bonds. The molecule has 0 radical (unpaired) electrons. The standard InChI is InChI=1S/C15H22O2/c1-12(15(2,3)14(16)17-4)10-11-13-8-6-5-7-9-13/h5-9,12H,10-11H2,1-4H3. The third kappa shape index (κ3) is 3.58. The zero-order valence-corrected chi connectivity index (χ0v) is 11.2. The molecule has 0 spiro atoms. The molecule has 1 aromatic rings. The van der Waals surface area contributed by atoms with Crippen molar-refractivity contribution in [2.75, 3.05) is 7.11 Å². The average molecular weight is 234 g/mol. The first-order valence-corrected chi connectivity index (χ1v) is 6.11. The van der Waals surface area contributed by atoms with E-state index in [1.165, 1.54) is 12.7 Å². The fraction of sp³-hybridized carbons (Fsp3) is 0.533. The molecule has 94 valence electrons. The molecule has 0 aliphatic heterocycles. The van der Waals surface area contributed by atoms with Crippen LogP contribution in [0.1, 0.15) is 32.8 Å². The number of hydrogen-bond donors (Lipinski definition) is 0. The van der Waals surface area contributed by atoms with Crippen molar-refractivity contribution in [2.45, 2.75) is 33.6 Å². The zero-order valence-electron chi connectivity index (χ0n) is 11.2. The summed E-state index contributed by atoms with van der Waals surface area (Å²) in [5, 5.41) is 0. The molecular formula is C15H22O2. The minimum Gasteiger partial charge on any atom is -0.469 e. The van der Waals surface area contributed by atoms with Crippen LogP contribution in [0.3, 0.4) is 0 Å². The number of hydrogen-bond acceptors (Lipinski definition) is 2. The van der Waals surface area contributed by atoms with Gasteiger partial charge in [0.2, 0.25) is 0 Å². The lowest BCUT2D eigenvalue weighted by molar-refractivity contribution is -0.153. The first-order chi connectivity index (χ1) is 7.98. The molecular weight excluding hydrogens is 212 g/mol. The Morgan fingerprint density at radius 3 is 2.41 bits per heavy atom. The van der Waals surface area contributed by atoms with Crippen LogP contribution in [0, 0.1) is 11.3 Å². The predicted octanol–water partition coefficient (Wildman–Crippen LogP) is 3.45. The molecule has 0 aliphatic rings. The van der Waals surface area contributed by atoms with Crippen LogP contribution in [0.4, 0.5) is 0 Å². The van der Waals surface area contributed by atoms with E-state index in [9.17, 15) is 4.79 Å². The lowest BCUT2D eigenvalue weighted by atomic mass is 9.77. The summed E-state index contributed by atoms with van der Waals surface area (Å²) in [6, 6.07) is 10.4. The molecule has 0 N–H and O–H groups in total. The first-order valence-electron chi connectivity index (χ1n) is 6.11. The van der Waals surface area contributed by atoms with E-state index in [2.05, 4.69) is 19.1 Å². The number of carbonyl (C=O) groups is 1. The van der Waals surface area contributed by atoms with Crippen molar-refractivity contribution < 1.29 is 9.53 Å². The third-order valence-electron chi connectivity index (χ3n) is 3.65. The second-order valence-electron chi connectivity index (χ2n) is 5.14. The van der Waals surface area contributed by atoms with Crippen LogP contribution in [0.5, 0.6) is 0 Å². The van der Waals surface area contributed by atoms with Crippen LogP contribution >= 0.6 is 0 Å². The first kappa shape index (κ1) is 13.8. The molecule has 0 fully saturated rings. The van der Waals surface area contributed by atoms with Crippen LogP contribution in [-0.4, -0.2) is 13.1 Å². The van der Waals surface area contributed by atoms with Crippen molar-refractivity contribution in [3.63, 3.8) is 0 Å². The van der Waals surface area contributed by atoms with Gasteiger partial charge in [-0.3, -0.25) is 4.79 Å². The minimum absolute atomic E-state index is 0.127. The molecule has 0 aromatic heterocycles. The van der Waals surface area contributed by atoms with E-state index in [0.29, 0.717) is 5.92 Å². The Kier molecular flexibility index (Phi) is 4.73. The van der Waals surface area contributed by atoms with Gasteiger partial charge in [0, 0.05) is 0 Å².